The molecule has 0 unspecified atom stereocenters. The van der Waals surface area contributed by atoms with E-state index in [4.69, 9.17) is 0 Å². The standard InChI is InChI=1S/C21H22N6O2/c28-20-17(7-4-8-22-20)21(29)25-18-13-19(24-15-23-18)27-11-9-26(10-12-27)14-16-5-2-1-3-6-16/h1-8,13,15H,9-12,14H2,(H,22,28)(H,23,24,25,29). The van der Waals surface area contributed by atoms with E-state index in [1.165, 1.54) is 24.2 Å². The number of pyridine rings is 1. The summed E-state index contributed by atoms with van der Waals surface area (Å²) in [4.78, 5) is 39.6. The molecular formula is C21H22N6O2. The number of nitrogens with one attached hydrogen (secondary N) is 2. The molecule has 1 aliphatic heterocycles. The summed E-state index contributed by atoms with van der Waals surface area (Å²) in [6.07, 6.45) is 2.91. The molecule has 0 aliphatic carbocycles. The van der Waals surface area contributed by atoms with Crippen molar-refractivity contribution in [2.75, 3.05) is 36.4 Å². The van der Waals surface area contributed by atoms with Gasteiger partial charge in [-0.05, 0) is 17.7 Å². The molecule has 2 aromatic heterocycles. The van der Waals surface area contributed by atoms with Crippen molar-refractivity contribution in [3.05, 3.63) is 82.5 Å². The third kappa shape index (κ3) is 4.67. The Kier molecular flexibility index (Phi) is 5.62. The van der Waals surface area contributed by atoms with Gasteiger partial charge in [-0.1, -0.05) is 30.3 Å². The van der Waals surface area contributed by atoms with Crippen molar-refractivity contribution in [3.8, 4) is 0 Å². The van der Waals surface area contributed by atoms with E-state index in [-0.39, 0.29) is 5.56 Å². The van der Waals surface area contributed by atoms with Crippen molar-refractivity contribution < 1.29 is 4.79 Å². The summed E-state index contributed by atoms with van der Waals surface area (Å²) in [6.45, 7) is 4.48. The van der Waals surface area contributed by atoms with E-state index >= 15 is 0 Å². The maximum absolute atomic E-state index is 12.3. The fourth-order valence-corrected chi connectivity index (χ4v) is 3.35. The summed E-state index contributed by atoms with van der Waals surface area (Å²) >= 11 is 0. The first-order valence-corrected chi connectivity index (χ1v) is 9.51. The lowest BCUT2D eigenvalue weighted by atomic mass is 10.2. The SMILES string of the molecule is O=C(Nc1cc(N2CCN(Cc3ccccc3)CC2)ncn1)c1ccc[nH]c1=O. The number of anilines is 2. The molecule has 4 rings (SSSR count). The van der Waals surface area contributed by atoms with Crippen molar-refractivity contribution >= 4 is 17.5 Å². The van der Waals surface area contributed by atoms with Crippen LogP contribution in [0.4, 0.5) is 11.6 Å². The first kappa shape index (κ1) is 18.8. The normalized spacial score (nSPS) is 14.6. The predicted molar refractivity (Wildman–Crippen MR) is 111 cm³/mol. The van der Waals surface area contributed by atoms with Gasteiger partial charge in [0.05, 0.1) is 0 Å². The highest BCUT2D eigenvalue weighted by atomic mass is 16.2. The second-order valence-corrected chi connectivity index (χ2v) is 6.88. The molecule has 1 aromatic carbocycles. The number of hydrogen-bond acceptors (Lipinski definition) is 6. The molecule has 1 amide bonds. The van der Waals surface area contributed by atoms with Gasteiger partial charge in [-0.15, -0.1) is 0 Å². The molecule has 8 heteroatoms. The van der Waals surface area contributed by atoms with Crippen LogP contribution in [0.1, 0.15) is 15.9 Å². The molecule has 1 saturated heterocycles. The molecule has 1 aliphatic rings. The van der Waals surface area contributed by atoms with Crippen LogP contribution in [0.5, 0.6) is 0 Å². The van der Waals surface area contributed by atoms with E-state index < -0.39 is 11.5 Å². The smallest absolute Gasteiger partial charge is 0.262 e. The van der Waals surface area contributed by atoms with Crippen LogP contribution in [0.25, 0.3) is 0 Å². The lowest BCUT2D eigenvalue weighted by Gasteiger charge is -2.35. The zero-order chi connectivity index (χ0) is 20.1. The summed E-state index contributed by atoms with van der Waals surface area (Å²) < 4.78 is 0. The van der Waals surface area contributed by atoms with E-state index in [1.807, 2.05) is 6.07 Å². The maximum atomic E-state index is 12.3. The van der Waals surface area contributed by atoms with E-state index in [0.717, 1.165) is 38.5 Å². The number of rotatable bonds is 5. The van der Waals surface area contributed by atoms with Crippen molar-refractivity contribution in [2.24, 2.45) is 0 Å². The van der Waals surface area contributed by atoms with Gasteiger partial charge in [0.2, 0.25) is 0 Å². The average Bonchev–Trinajstić information content (AvgIpc) is 2.75. The van der Waals surface area contributed by atoms with Gasteiger partial charge in [-0.3, -0.25) is 14.5 Å². The van der Waals surface area contributed by atoms with Crippen LogP contribution in [0.2, 0.25) is 0 Å². The molecule has 3 heterocycles. The van der Waals surface area contributed by atoms with Gasteiger partial charge in [0, 0.05) is 45.0 Å². The molecule has 0 saturated carbocycles. The fraction of sp³-hybridized carbons (Fsp3) is 0.238. The molecule has 0 atom stereocenters. The van der Waals surface area contributed by atoms with Crippen LogP contribution >= 0.6 is 0 Å². The number of hydrogen-bond donors (Lipinski definition) is 2. The number of piperazine rings is 1. The van der Waals surface area contributed by atoms with Crippen molar-refractivity contribution in [1.82, 2.24) is 19.9 Å². The topological polar surface area (TPSA) is 94.2 Å². The molecule has 8 nitrogen and oxygen atoms in total. The molecule has 1 fully saturated rings. The number of carbonyl (C=O) groups is 1. The van der Waals surface area contributed by atoms with E-state index in [2.05, 4.69) is 54.3 Å². The Bertz CT molecular complexity index is 1030. The largest absolute Gasteiger partial charge is 0.354 e. The van der Waals surface area contributed by atoms with Gasteiger partial charge >= 0.3 is 0 Å². The highest BCUT2D eigenvalue weighted by Crippen LogP contribution is 2.17. The summed E-state index contributed by atoms with van der Waals surface area (Å²) in [7, 11) is 0. The van der Waals surface area contributed by atoms with Crippen molar-refractivity contribution in [2.45, 2.75) is 6.54 Å². The zero-order valence-electron chi connectivity index (χ0n) is 15.9. The number of aromatic amines is 1. The Balaban J connectivity index is 1.37. The Labute approximate surface area is 168 Å². The minimum absolute atomic E-state index is 0.0437. The monoisotopic (exact) mass is 390 g/mol. The van der Waals surface area contributed by atoms with Gasteiger partial charge in [-0.2, -0.15) is 0 Å². The highest BCUT2D eigenvalue weighted by Gasteiger charge is 2.19. The van der Waals surface area contributed by atoms with E-state index in [1.54, 1.807) is 12.1 Å². The molecule has 29 heavy (non-hydrogen) atoms. The number of H-pyrrole nitrogens is 1. The average molecular weight is 390 g/mol. The number of carbonyl (C=O) groups excluding carboxylic acids is 1. The molecule has 148 valence electrons. The second kappa shape index (κ2) is 8.66. The summed E-state index contributed by atoms with van der Waals surface area (Å²) in [6, 6.07) is 15.3. The number of amides is 1. The molecule has 0 spiro atoms. The summed E-state index contributed by atoms with van der Waals surface area (Å²) in [5.41, 5.74) is 0.917. The Hall–Kier alpha value is -3.52. The molecule has 3 aromatic rings. The number of benzene rings is 1. The summed E-state index contributed by atoms with van der Waals surface area (Å²) in [5.74, 6) is 0.635. The number of aromatic nitrogens is 3. The number of nitrogens with zero attached hydrogens (tertiary/aromatic N) is 4. The Morgan fingerprint density at radius 2 is 1.83 bits per heavy atom. The summed E-state index contributed by atoms with van der Waals surface area (Å²) in [5, 5.41) is 2.67. The molecule has 0 bridgehead atoms. The van der Waals surface area contributed by atoms with Crippen molar-refractivity contribution in [3.63, 3.8) is 0 Å². The molecule has 0 radical (unpaired) electrons. The zero-order valence-corrected chi connectivity index (χ0v) is 15.9. The van der Waals surface area contributed by atoms with Gasteiger partial charge < -0.3 is 15.2 Å². The first-order valence-electron chi connectivity index (χ1n) is 9.51. The van der Waals surface area contributed by atoms with Crippen LogP contribution in [0.3, 0.4) is 0 Å². The maximum Gasteiger partial charge on any atom is 0.262 e. The fourth-order valence-electron chi connectivity index (χ4n) is 3.35. The van der Waals surface area contributed by atoms with Crippen molar-refractivity contribution in [1.29, 1.82) is 0 Å². The van der Waals surface area contributed by atoms with Crippen LogP contribution in [0, 0.1) is 0 Å². The van der Waals surface area contributed by atoms with Crippen LogP contribution in [-0.2, 0) is 6.54 Å². The van der Waals surface area contributed by atoms with E-state index in [0.29, 0.717) is 5.82 Å². The minimum atomic E-state index is -0.496. The van der Waals surface area contributed by atoms with Crippen LogP contribution < -0.4 is 15.8 Å². The minimum Gasteiger partial charge on any atom is -0.354 e. The Morgan fingerprint density at radius 3 is 2.59 bits per heavy atom. The molecule has 2 N–H and O–H groups in total. The van der Waals surface area contributed by atoms with Crippen LogP contribution in [0.15, 0.2) is 65.8 Å². The lowest BCUT2D eigenvalue weighted by molar-refractivity contribution is 0.102. The quantitative estimate of drug-likeness (QED) is 0.689. The van der Waals surface area contributed by atoms with Gasteiger partial charge in [-0.25, -0.2) is 9.97 Å². The van der Waals surface area contributed by atoms with Gasteiger partial charge in [0.1, 0.15) is 23.5 Å². The first-order chi connectivity index (χ1) is 14.2. The van der Waals surface area contributed by atoms with Crippen LogP contribution in [-0.4, -0.2) is 51.9 Å². The van der Waals surface area contributed by atoms with Gasteiger partial charge in [0.15, 0.2) is 0 Å². The predicted octanol–water partition coefficient (Wildman–Crippen LogP) is 1.74. The highest BCUT2D eigenvalue weighted by molar-refractivity contribution is 6.03. The third-order valence-corrected chi connectivity index (χ3v) is 4.90. The lowest BCUT2D eigenvalue weighted by Crippen LogP contribution is -2.46. The van der Waals surface area contributed by atoms with Gasteiger partial charge in [0.25, 0.3) is 11.5 Å². The van der Waals surface area contributed by atoms with E-state index in [9.17, 15) is 9.59 Å². The third-order valence-electron chi connectivity index (χ3n) is 4.90. The Morgan fingerprint density at radius 1 is 1.03 bits per heavy atom. The molecular weight excluding hydrogens is 368 g/mol. The second-order valence-electron chi connectivity index (χ2n) is 6.88.